The Balaban J connectivity index is 1.83. The Bertz CT molecular complexity index is 802. The van der Waals surface area contributed by atoms with Gasteiger partial charge in [0, 0.05) is 30.4 Å². The molecule has 1 unspecified atom stereocenters. The highest BCUT2D eigenvalue weighted by molar-refractivity contribution is 6.08. The van der Waals surface area contributed by atoms with E-state index < -0.39 is 17.4 Å². The number of β-lactam (4-membered cyclic amide) rings is 1. The zero-order valence-electron chi connectivity index (χ0n) is 14.7. The largest absolute Gasteiger partial charge is 0.480 e. The van der Waals surface area contributed by atoms with Crippen molar-refractivity contribution in [3.05, 3.63) is 35.2 Å². The van der Waals surface area contributed by atoms with Gasteiger partial charge in [-0.15, -0.1) is 0 Å². The quantitative estimate of drug-likeness (QED) is 0.512. The van der Waals surface area contributed by atoms with Crippen molar-refractivity contribution < 1.29 is 19.5 Å². The Kier molecular flexibility index (Phi) is 4.53. The van der Waals surface area contributed by atoms with Gasteiger partial charge < -0.3 is 21.1 Å². The Morgan fingerprint density at radius 3 is 2.88 bits per heavy atom. The maximum Gasteiger partial charge on any atom is 0.327 e. The number of nitrogens with one attached hydrogen (secondary N) is 1. The van der Waals surface area contributed by atoms with E-state index in [0.717, 1.165) is 0 Å². The Hall–Kier alpha value is -2.74. The summed E-state index contributed by atoms with van der Waals surface area (Å²) in [5.74, 6) is -1.53. The predicted molar refractivity (Wildman–Crippen MR) is 94.1 cm³/mol. The molecule has 0 aromatic carbocycles. The van der Waals surface area contributed by atoms with Crippen molar-refractivity contribution in [3.63, 3.8) is 0 Å². The third-order valence-corrected chi connectivity index (χ3v) is 4.92. The van der Waals surface area contributed by atoms with E-state index in [2.05, 4.69) is 10.3 Å². The van der Waals surface area contributed by atoms with E-state index in [0.29, 0.717) is 36.3 Å². The number of nitrogens with two attached hydrogens (primary N) is 1. The molecular weight excluding hydrogens is 336 g/mol. The third-order valence-electron chi connectivity index (χ3n) is 4.92. The molecule has 2 saturated heterocycles. The van der Waals surface area contributed by atoms with Crippen LogP contribution in [-0.2, 0) is 9.59 Å². The molecular formula is C18H22N4O4. The molecule has 3 rings (SSSR count). The van der Waals surface area contributed by atoms with Gasteiger partial charge in [-0.3, -0.25) is 14.6 Å². The van der Waals surface area contributed by atoms with Gasteiger partial charge in [-0.05, 0) is 30.0 Å². The van der Waals surface area contributed by atoms with Crippen molar-refractivity contribution in [2.24, 2.45) is 11.1 Å². The van der Waals surface area contributed by atoms with Gasteiger partial charge in [0.25, 0.3) is 11.8 Å². The van der Waals surface area contributed by atoms with Gasteiger partial charge in [-0.25, -0.2) is 4.79 Å². The highest BCUT2D eigenvalue weighted by Gasteiger charge is 2.60. The van der Waals surface area contributed by atoms with E-state index in [-0.39, 0.29) is 17.9 Å². The SMILES string of the molecule is CC1(C)CC2/C(=C\c3cc(C(=O)NCCN)ccn3)C(=O)N2[C@H]1C(=O)O. The summed E-state index contributed by atoms with van der Waals surface area (Å²) in [7, 11) is 0. The van der Waals surface area contributed by atoms with Crippen LogP contribution >= 0.6 is 0 Å². The fourth-order valence-corrected chi connectivity index (χ4v) is 3.74. The van der Waals surface area contributed by atoms with Crippen LogP contribution in [0, 0.1) is 5.41 Å². The normalized spacial score (nSPS) is 25.0. The van der Waals surface area contributed by atoms with E-state index in [1.807, 2.05) is 13.8 Å². The number of nitrogens with zero attached hydrogens (tertiary/aromatic N) is 2. The van der Waals surface area contributed by atoms with E-state index >= 15 is 0 Å². The fourth-order valence-electron chi connectivity index (χ4n) is 3.74. The van der Waals surface area contributed by atoms with Crippen LogP contribution in [0.5, 0.6) is 0 Å². The lowest BCUT2D eigenvalue weighted by Gasteiger charge is -2.40. The number of rotatable bonds is 5. The first kappa shape index (κ1) is 18.1. The van der Waals surface area contributed by atoms with Crippen LogP contribution in [0.25, 0.3) is 6.08 Å². The molecule has 8 heteroatoms. The molecule has 0 bridgehead atoms. The van der Waals surface area contributed by atoms with Gasteiger partial charge in [0.05, 0.1) is 11.7 Å². The lowest BCUT2D eigenvalue weighted by atomic mass is 9.83. The Labute approximate surface area is 151 Å². The summed E-state index contributed by atoms with van der Waals surface area (Å²) in [6, 6.07) is 2.14. The number of hydrogen-bond acceptors (Lipinski definition) is 5. The third kappa shape index (κ3) is 2.96. The summed E-state index contributed by atoms with van der Waals surface area (Å²) in [6.07, 6.45) is 3.73. The number of carboxylic acids is 1. The molecule has 0 saturated carbocycles. The van der Waals surface area contributed by atoms with Crippen molar-refractivity contribution in [1.29, 1.82) is 0 Å². The molecule has 2 aliphatic rings. The summed E-state index contributed by atoms with van der Waals surface area (Å²) in [5, 5.41) is 12.1. The number of aliphatic carboxylic acids is 1. The fraction of sp³-hybridized carbons (Fsp3) is 0.444. The second-order valence-corrected chi connectivity index (χ2v) is 7.28. The topological polar surface area (TPSA) is 126 Å². The average molecular weight is 358 g/mol. The number of amides is 2. The second kappa shape index (κ2) is 6.53. The first-order valence-electron chi connectivity index (χ1n) is 8.47. The summed E-state index contributed by atoms with van der Waals surface area (Å²) in [4.78, 5) is 41.7. The first-order chi connectivity index (χ1) is 12.3. The molecule has 26 heavy (non-hydrogen) atoms. The maximum atomic E-state index is 12.5. The molecule has 0 aliphatic carbocycles. The molecule has 1 aromatic rings. The number of carbonyl (C=O) groups excluding carboxylic acids is 2. The van der Waals surface area contributed by atoms with E-state index in [4.69, 9.17) is 5.73 Å². The van der Waals surface area contributed by atoms with E-state index in [1.54, 1.807) is 18.2 Å². The molecule has 2 amide bonds. The van der Waals surface area contributed by atoms with Gasteiger partial charge in [0.2, 0.25) is 0 Å². The molecule has 138 valence electrons. The molecule has 2 fully saturated rings. The predicted octanol–water partition coefficient (Wildman–Crippen LogP) is 0.247. The lowest BCUT2D eigenvalue weighted by Crippen LogP contribution is -2.57. The molecule has 3 heterocycles. The molecule has 0 radical (unpaired) electrons. The molecule has 2 aliphatic heterocycles. The standard InChI is InChI=1S/C18H22N4O4/c1-18(2)9-13-12(16(24)22(13)14(18)17(25)26)8-11-7-10(3-5-20-11)15(23)21-6-4-19/h3,5,7-8,13-14H,4,6,9,19H2,1-2H3,(H,21,23)(H,25,26)/b12-8+/t13?,14-/m0/s1. The van der Waals surface area contributed by atoms with Gasteiger partial charge in [0.15, 0.2) is 0 Å². The number of carbonyl (C=O) groups is 3. The highest BCUT2D eigenvalue weighted by Crippen LogP contribution is 2.49. The van der Waals surface area contributed by atoms with Crippen molar-refractivity contribution >= 4 is 23.9 Å². The monoisotopic (exact) mass is 358 g/mol. The number of aromatic nitrogens is 1. The van der Waals surface area contributed by atoms with Gasteiger partial charge in [-0.2, -0.15) is 0 Å². The lowest BCUT2D eigenvalue weighted by molar-refractivity contribution is -0.154. The minimum Gasteiger partial charge on any atom is -0.480 e. The number of fused-ring (bicyclic) bond motifs is 1. The summed E-state index contributed by atoms with van der Waals surface area (Å²) < 4.78 is 0. The minimum absolute atomic E-state index is 0.227. The zero-order chi connectivity index (χ0) is 19.1. The zero-order valence-corrected chi connectivity index (χ0v) is 14.7. The highest BCUT2D eigenvalue weighted by atomic mass is 16.4. The van der Waals surface area contributed by atoms with E-state index in [1.165, 1.54) is 11.1 Å². The van der Waals surface area contributed by atoms with Gasteiger partial charge >= 0.3 is 5.97 Å². The van der Waals surface area contributed by atoms with Crippen molar-refractivity contribution in [2.75, 3.05) is 13.1 Å². The molecule has 4 N–H and O–H groups in total. The van der Waals surface area contributed by atoms with Gasteiger partial charge in [0.1, 0.15) is 6.04 Å². The van der Waals surface area contributed by atoms with Crippen LogP contribution < -0.4 is 11.1 Å². The second-order valence-electron chi connectivity index (χ2n) is 7.28. The van der Waals surface area contributed by atoms with Crippen LogP contribution in [0.4, 0.5) is 0 Å². The molecule has 0 spiro atoms. The number of hydrogen-bond donors (Lipinski definition) is 3. The number of pyridine rings is 1. The summed E-state index contributed by atoms with van der Waals surface area (Å²) >= 11 is 0. The van der Waals surface area contributed by atoms with Crippen molar-refractivity contribution in [1.82, 2.24) is 15.2 Å². The smallest absolute Gasteiger partial charge is 0.327 e. The summed E-state index contributed by atoms with van der Waals surface area (Å²) in [6.45, 7) is 4.43. The van der Waals surface area contributed by atoms with Crippen LogP contribution in [0.2, 0.25) is 0 Å². The van der Waals surface area contributed by atoms with Crippen molar-refractivity contribution in [2.45, 2.75) is 32.4 Å². The average Bonchev–Trinajstić information content (AvgIpc) is 2.86. The number of carboxylic acid groups (broad SMARTS) is 1. The summed E-state index contributed by atoms with van der Waals surface area (Å²) in [5.41, 5.74) is 6.33. The van der Waals surface area contributed by atoms with Crippen LogP contribution in [0.3, 0.4) is 0 Å². The first-order valence-corrected chi connectivity index (χ1v) is 8.47. The minimum atomic E-state index is -0.985. The molecule has 1 aromatic heterocycles. The van der Waals surface area contributed by atoms with Gasteiger partial charge in [-0.1, -0.05) is 13.8 Å². The van der Waals surface area contributed by atoms with Crippen LogP contribution in [0.15, 0.2) is 23.9 Å². The van der Waals surface area contributed by atoms with Crippen LogP contribution in [-0.4, -0.2) is 57.9 Å². The van der Waals surface area contributed by atoms with Crippen molar-refractivity contribution in [3.8, 4) is 0 Å². The molecule has 8 nitrogen and oxygen atoms in total. The Morgan fingerprint density at radius 1 is 1.50 bits per heavy atom. The van der Waals surface area contributed by atoms with Crippen LogP contribution in [0.1, 0.15) is 36.3 Å². The molecule has 2 atom stereocenters. The van der Waals surface area contributed by atoms with E-state index in [9.17, 15) is 19.5 Å². The maximum absolute atomic E-state index is 12.5. The Morgan fingerprint density at radius 2 is 2.23 bits per heavy atom.